The number of nitrogens with zero attached hydrogens (tertiary/aromatic N) is 3. The summed E-state index contributed by atoms with van der Waals surface area (Å²) in [6, 6.07) is 0. The van der Waals surface area contributed by atoms with Crippen LogP contribution in [0.5, 0.6) is 0 Å². The molecular weight excluding hydrogens is 237 g/mol. The molecule has 0 radical (unpaired) electrons. The van der Waals surface area contributed by atoms with Crippen molar-refractivity contribution in [2.75, 3.05) is 6.26 Å². The molecule has 0 aromatic carbocycles. The number of aromatic nitrogens is 3. The van der Waals surface area contributed by atoms with Crippen molar-refractivity contribution in [2.45, 2.75) is 18.5 Å². The van der Waals surface area contributed by atoms with E-state index in [2.05, 4.69) is 10.2 Å². The van der Waals surface area contributed by atoms with Gasteiger partial charge < -0.3 is 0 Å². The summed E-state index contributed by atoms with van der Waals surface area (Å²) in [4.78, 5) is 11.4. The second kappa shape index (κ2) is 4.10. The molecule has 12 heavy (non-hydrogen) atoms. The van der Waals surface area contributed by atoms with Crippen molar-refractivity contribution in [3.8, 4) is 0 Å². The van der Waals surface area contributed by atoms with Crippen LogP contribution in [0, 0.1) is 0 Å². The molecule has 1 aromatic heterocycles. The maximum atomic E-state index is 11.4. The predicted octanol–water partition coefficient (Wildman–Crippen LogP) is -0.681. The summed E-state index contributed by atoms with van der Waals surface area (Å²) in [6.07, 6.45) is 2.52. The fourth-order valence-corrected chi connectivity index (χ4v) is 2.27. The fourth-order valence-electron chi connectivity index (χ4n) is 0.781. The number of hydrogen-bond donors (Lipinski definition) is 0. The third-order valence-corrected chi connectivity index (χ3v) is 3.49. The van der Waals surface area contributed by atoms with Crippen molar-refractivity contribution in [1.82, 2.24) is 13.7 Å². The first-order valence-corrected chi connectivity index (χ1v) is 5.79. The molecule has 1 heterocycles. The zero-order chi connectivity index (χ0) is 9.14. The Kier molecular flexibility index (Phi) is 3.35. The van der Waals surface area contributed by atoms with Crippen LogP contribution in [0.4, 0.5) is 0 Å². The second-order valence-electron chi connectivity index (χ2n) is 2.16. The zero-order valence-electron chi connectivity index (χ0n) is 6.94. The van der Waals surface area contributed by atoms with E-state index < -0.39 is 0 Å². The van der Waals surface area contributed by atoms with E-state index in [9.17, 15) is 4.79 Å². The molecule has 0 spiro atoms. The summed E-state index contributed by atoms with van der Waals surface area (Å²) in [6.45, 7) is 1.90. The third-order valence-electron chi connectivity index (χ3n) is 1.45. The van der Waals surface area contributed by atoms with Crippen LogP contribution in [0.15, 0.2) is 9.95 Å². The average molecular weight is 247 g/mol. The Balaban J connectivity index is 3.30. The molecule has 1 aromatic rings. The number of hydrogen-bond acceptors (Lipinski definition) is 4. The SMILES string of the molecule is CCc1nnc(SC)n([AsH2])c1=O. The van der Waals surface area contributed by atoms with E-state index in [4.69, 9.17) is 0 Å². The van der Waals surface area contributed by atoms with E-state index >= 15 is 0 Å². The predicted molar refractivity (Wildman–Crippen MR) is 51.4 cm³/mol. The van der Waals surface area contributed by atoms with Gasteiger partial charge in [0.15, 0.2) is 0 Å². The molecule has 1 rings (SSSR count). The van der Waals surface area contributed by atoms with E-state index in [1.54, 1.807) is 3.48 Å². The molecule has 0 saturated heterocycles. The van der Waals surface area contributed by atoms with Crippen LogP contribution in [0.2, 0.25) is 0 Å². The van der Waals surface area contributed by atoms with Crippen molar-refractivity contribution in [1.29, 1.82) is 0 Å². The summed E-state index contributed by atoms with van der Waals surface area (Å²) in [5.41, 5.74) is 0.522. The molecule has 0 amide bonds. The molecule has 0 N–H and O–H groups in total. The van der Waals surface area contributed by atoms with Gasteiger partial charge in [0.05, 0.1) is 0 Å². The van der Waals surface area contributed by atoms with Crippen LogP contribution in [0.1, 0.15) is 12.6 Å². The van der Waals surface area contributed by atoms with Gasteiger partial charge in [-0.05, 0) is 0 Å². The summed E-state index contributed by atoms with van der Waals surface area (Å²) in [5.74, 6) is 0. The van der Waals surface area contributed by atoms with Gasteiger partial charge in [-0.3, -0.25) is 0 Å². The molecule has 0 aliphatic carbocycles. The molecule has 0 aliphatic rings. The number of aryl methyl sites for hydroxylation is 1. The van der Waals surface area contributed by atoms with Crippen molar-refractivity contribution in [2.24, 2.45) is 0 Å². The van der Waals surface area contributed by atoms with Gasteiger partial charge in [-0.1, -0.05) is 0 Å². The summed E-state index contributed by atoms with van der Waals surface area (Å²) < 4.78 is 1.59. The molecule has 4 nitrogen and oxygen atoms in total. The third kappa shape index (κ3) is 1.72. The molecule has 66 valence electrons. The molecule has 0 saturated carbocycles. The normalized spacial score (nSPS) is 10.2. The fraction of sp³-hybridized carbons (Fsp3) is 0.500. The zero-order valence-corrected chi connectivity index (χ0v) is 10.2. The van der Waals surface area contributed by atoms with Crippen LogP contribution < -0.4 is 5.56 Å². The average Bonchev–Trinajstić information content (AvgIpc) is 2.10. The second-order valence-corrected chi connectivity index (χ2v) is 4.02. The van der Waals surface area contributed by atoms with Crippen molar-refractivity contribution < 1.29 is 0 Å². The van der Waals surface area contributed by atoms with Crippen LogP contribution in [0.3, 0.4) is 0 Å². The quantitative estimate of drug-likeness (QED) is 0.513. The molecule has 0 fully saturated rings. The summed E-state index contributed by atoms with van der Waals surface area (Å²) in [5, 5.41) is 8.43. The molecule has 6 heteroatoms. The van der Waals surface area contributed by atoms with E-state index in [1.165, 1.54) is 28.8 Å². The maximum absolute atomic E-state index is 11.4. The van der Waals surface area contributed by atoms with Gasteiger partial charge in [0.1, 0.15) is 0 Å². The van der Waals surface area contributed by atoms with E-state index in [0.29, 0.717) is 17.3 Å². The summed E-state index contributed by atoms with van der Waals surface area (Å²) >= 11 is 2.68. The van der Waals surface area contributed by atoms with Gasteiger partial charge in [0.25, 0.3) is 0 Å². The Labute approximate surface area is 83.5 Å². The Morgan fingerprint density at radius 3 is 2.75 bits per heavy atom. The van der Waals surface area contributed by atoms with Gasteiger partial charge >= 0.3 is 83.3 Å². The first-order chi connectivity index (χ1) is 5.70. The Hall–Kier alpha value is -0.282. The van der Waals surface area contributed by atoms with Crippen LogP contribution in [-0.2, 0) is 6.42 Å². The van der Waals surface area contributed by atoms with Gasteiger partial charge in [-0.2, -0.15) is 0 Å². The Morgan fingerprint density at radius 2 is 2.25 bits per heavy atom. The molecule has 0 bridgehead atoms. The van der Waals surface area contributed by atoms with Gasteiger partial charge in [0.2, 0.25) is 0 Å². The monoisotopic (exact) mass is 247 g/mol. The van der Waals surface area contributed by atoms with Crippen LogP contribution in [-0.4, -0.2) is 37.0 Å². The first kappa shape index (κ1) is 9.80. The number of rotatable bonds is 2. The first-order valence-electron chi connectivity index (χ1n) is 3.48. The van der Waals surface area contributed by atoms with Crippen molar-refractivity contribution >= 4 is 28.8 Å². The van der Waals surface area contributed by atoms with Crippen LogP contribution >= 0.6 is 11.8 Å². The van der Waals surface area contributed by atoms with Crippen molar-refractivity contribution in [3.63, 3.8) is 0 Å². The van der Waals surface area contributed by atoms with E-state index in [-0.39, 0.29) is 5.56 Å². The molecule has 0 aliphatic heterocycles. The minimum atomic E-state index is -0.0168. The van der Waals surface area contributed by atoms with Gasteiger partial charge in [-0.25, -0.2) is 0 Å². The van der Waals surface area contributed by atoms with Gasteiger partial charge in [0, 0.05) is 0 Å². The Morgan fingerprint density at radius 1 is 1.58 bits per heavy atom. The summed E-state index contributed by atoms with van der Waals surface area (Å²) in [7, 11) is 0. The van der Waals surface area contributed by atoms with E-state index in [0.717, 1.165) is 0 Å². The van der Waals surface area contributed by atoms with E-state index in [1.807, 2.05) is 13.2 Å². The van der Waals surface area contributed by atoms with Crippen LogP contribution in [0.25, 0.3) is 0 Å². The standard InChI is InChI=1S/C6H10AsN3OS/c1-3-4-5(11)10(7)6(12-2)9-8-4/h3,7H2,1-2H3. The topological polar surface area (TPSA) is 47.8 Å². The van der Waals surface area contributed by atoms with Crippen molar-refractivity contribution in [3.05, 3.63) is 16.0 Å². The van der Waals surface area contributed by atoms with Gasteiger partial charge in [-0.15, -0.1) is 0 Å². The molecule has 1 unspecified atom stereocenters. The number of thioether (sulfide) groups is 1. The Bertz CT molecular complexity index is 338. The molecular formula is C6H10AsN3OS. The molecule has 1 atom stereocenters. The minimum absolute atomic E-state index is 0.0168.